The summed E-state index contributed by atoms with van der Waals surface area (Å²) in [5.41, 5.74) is 2.42. The average molecular weight is 333 g/mol. The summed E-state index contributed by atoms with van der Waals surface area (Å²) in [4.78, 5) is 17.5. The van der Waals surface area contributed by atoms with E-state index in [2.05, 4.69) is 54.4 Å². The highest BCUT2D eigenvalue weighted by Gasteiger charge is 2.15. The number of anilines is 1. The summed E-state index contributed by atoms with van der Waals surface area (Å²) in [6, 6.07) is 8.35. The molecule has 0 aliphatic rings. The molecule has 2 aromatic rings. The van der Waals surface area contributed by atoms with Crippen molar-refractivity contribution in [1.29, 1.82) is 0 Å². The van der Waals surface area contributed by atoms with Crippen LogP contribution in [-0.4, -0.2) is 33.5 Å². The van der Waals surface area contributed by atoms with Gasteiger partial charge in [0.1, 0.15) is 5.82 Å². The van der Waals surface area contributed by atoms with Crippen LogP contribution in [0.5, 0.6) is 0 Å². The summed E-state index contributed by atoms with van der Waals surface area (Å²) in [6.07, 6.45) is 0.810. The second-order valence-corrected chi connectivity index (χ2v) is 6.87. The number of aryl methyl sites for hydroxylation is 1. The number of rotatable bonds is 8. The Hall–Kier alpha value is -1.95. The lowest BCUT2D eigenvalue weighted by atomic mass is 10.1. The minimum Gasteiger partial charge on any atom is -0.481 e. The van der Waals surface area contributed by atoms with Gasteiger partial charge in [0.25, 0.3) is 0 Å². The molecule has 0 saturated carbocycles. The van der Waals surface area contributed by atoms with Crippen molar-refractivity contribution >= 4 is 22.6 Å². The predicted octanol–water partition coefficient (Wildman–Crippen LogP) is 3.37. The lowest BCUT2D eigenvalue weighted by molar-refractivity contribution is -0.136. The van der Waals surface area contributed by atoms with E-state index in [1.54, 1.807) is 0 Å². The van der Waals surface area contributed by atoms with E-state index >= 15 is 0 Å². The largest absolute Gasteiger partial charge is 0.481 e. The van der Waals surface area contributed by atoms with E-state index in [1.165, 1.54) is 22.7 Å². The summed E-state index contributed by atoms with van der Waals surface area (Å²) >= 11 is 1.35. The van der Waals surface area contributed by atoms with Gasteiger partial charge in [0.2, 0.25) is 5.13 Å². The van der Waals surface area contributed by atoms with Crippen molar-refractivity contribution in [2.24, 2.45) is 5.92 Å². The molecule has 23 heavy (non-hydrogen) atoms. The highest BCUT2D eigenvalue weighted by atomic mass is 32.1. The van der Waals surface area contributed by atoms with Gasteiger partial charge in [-0.1, -0.05) is 43.7 Å². The molecule has 1 N–H and O–H groups in total. The van der Waals surface area contributed by atoms with Gasteiger partial charge in [0.15, 0.2) is 0 Å². The number of aliphatic carboxylic acids is 1. The summed E-state index contributed by atoms with van der Waals surface area (Å²) in [5.74, 6) is 0.439. The molecule has 2 rings (SSSR count). The first-order valence-electron chi connectivity index (χ1n) is 7.79. The average Bonchev–Trinajstić information content (AvgIpc) is 2.94. The van der Waals surface area contributed by atoms with E-state index in [4.69, 9.17) is 5.11 Å². The third kappa shape index (κ3) is 5.63. The lowest BCUT2D eigenvalue weighted by Crippen LogP contribution is -2.29. The Balaban J connectivity index is 2.07. The van der Waals surface area contributed by atoms with E-state index in [1.807, 2.05) is 4.90 Å². The summed E-state index contributed by atoms with van der Waals surface area (Å²) in [5, 5.41) is 9.71. The number of hydrogen-bond donors (Lipinski definition) is 1. The molecule has 0 spiro atoms. The molecule has 1 aromatic carbocycles. The fourth-order valence-electron chi connectivity index (χ4n) is 2.27. The maximum absolute atomic E-state index is 10.8. The van der Waals surface area contributed by atoms with Crippen LogP contribution in [0.3, 0.4) is 0 Å². The minimum atomic E-state index is -0.789. The quantitative estimate of drug-likeness (QED) is 0.802. The van der Waals surface area contributed by atoms with Crippen LogP contribution in [0.15, 0.2) is 24.3 Å². The molecule has 6 heteroatoms. The first-order valence-corrected chi connectivity index (χ1v) is 8.56. The van der Waals surface area contributed by atoms with Gasteiger partial charge in [-0.05, 0) is 18.4 Å². The Bertz CT molecular complexity index is 638. The van der Waals surface area contributed by atoms with Crippen molar-refractivity contribution in [3.8, 4) is 0 Å². The Labute approximate surface area is 141 Å². The molecule has 0 unspecified atom stereocenters. The van der Waals surface area contributed by atoms with E-state index in [0.29, 0.717) is 18.9 Å². The third-order valence-electron chi connectivity index (χ3n) is 3.39. The van der Waals surface area contributed by atoms with Crippen LogP contribution < -0.4 is 4.90 Å². The van der Waals surface area contributed by atoms with Gasteiger partial charge >= 0.3 is 5.97 Å². The molecular weight excluding hydrogens is 310 g/mol. The van der Waals surface area contributed by atoms with Crippen LogP contribution in [0, 0.1) is 12.8 Å². The van der Waals surface area contributed by atoms with Crippen LogP contribution >= 0.6 is 11.5 Å². The molecule has 5 nitrogen and oxygen atoms in total. The Kier molecular flexibility index (Phi) is 6.10. The van der Waals surface area contributed by atoms with Gasteiger partial charge in [-0.25, -0.2) is 4.98 Å². The zero-order valence-corrected chi connectivity index (χ0v) is 14.6. The number of nitrogens with zero attached hydrogens (tertiary/aromatic N) is 3. The lowest BCUT2D eigenvalue weighted by Gasteiger charge is -2.22. The zero-order valence-electron chi connectivity index (χ0n) is 13.8. The fraction of sp³-hybridized carbons (Fsp3) is 0.471. The van der Waals surface area contributed by atoms with Crippen molar-refractivity contribution in [1.82, 2.24) is 9.36 Å². The number of carbonyl (C=O) groups is 1. The number of carboxylic acid groups (broad SMARTS) is 1. The second-order valence-electron chi connectivity index (χ2n) is 6.14. The molecule has 0 aliphatic heterocycles. The fourth-order valence-corrected chi connectivity index (χ4v) is 2.99. The van der Waals surface area contributed by atoms with Crippen LogP contribution in [0.25, 0.3) is 0 Å². The van der Waals surface area contributed by atoms with E-state index in [0.717, 1.165) is 17.5 Å². The normalized spacial score (nSPS) is 11.0. The maximum Gasteiger partial charge on any atom is 0.305 e. The van der Waals surface area contributed by atoms with Gasteiger partial charge in [-0.2, -0.15) is 4.37 Å². The highest BCUT2D eigenvalue weighted by molar-refractivity contribution is 7.09. The summed E-state index contributed by atoms with van der Waals surface area (Å²) in [6.45, 7) is 7.54. The first kappa shape index (κ1) is 17.4. The van der Waals surface area contributed by atoms with Gasteiger partial charge in [0, 0.05) is 31.0 Å². The second kappa shape index (κ2) is 8.06. The minimum absolute atomic E-state index is 0.111. The van der Waals surface area contributed by atoms with Crippen molar-refractivity contribution in [3.05, 3.63) is 41.2 Å². The van der Waals surface area contributed by atoms with Crippen LogP contribution in [-0.2, 0) is 11.2 Å². The third-order valence-corrected chi connectivity index (χ3v) is 4.21. The predicted molar refractivity (Wildman–Crippen MR) is 93.2 cm³/mol. The first-order chi connectivity index (χ1) is 10.9. The maximum atomic E-state index is 10.8. The molecule has 0 saturated heterocycles. The molecule has 0 amide bonds. The van der Waals surface area contributed by atoms with E-state index in [-0.39, 0.29) is 6.42 Å². The Morgan fingerprint density at radius 2 is 2.00 bits per heavy atom. The summed E-state index contributed by atoms with van der Waals surface area (Å²) < 4.78 is 4.43. The SMILES string of the molecule is Cc1ccc(Cc2nsc(N(CCC(=O)O)CC(C)C)n2)cc1. The van der Waals surface area contributed by atoms with E-state index in [9.17, 15) is 4.79 Å². The molecule has 0 radical (unpaired) electrons. The van der Waals surface area contributed by atoms with Crippen molar-refractivity contribution < 1.29 is 9.90 Å². The monoisotopic (exact) mass is 333 g/mol. The molecule has 0 aliphatic carbocycles. The molecule has 0 fully saturated rings. The van der Waals surface area contributed by atoms with Gasteiger partial charge in [-0.3, -0.25) is 4.79 Å². The zero-order chi connectivity index (χ0) is 16.8. The molecule has 0 bridgehead atoms. The number of benzene rings is 1. The molecule has 1 aromatic heterocycles. The van der Waals surface area contributed by atoms with Crippen LogP contribution in [0.4, 0.5) is 5.13 Å². The smallest absolute Gasteiger partial charge is 0.305 e. The number of aromatic nitrogens is 2. The van der Waals surface area contributed by atoms with Gasteiger partial charge < -0.3 is 10.0 Å². The standard InChI is InChI=1S/C17H23N3O2S/c1-12(2)11-20(9-8-16(21)22)17-18-15(19-23-17)10-14-6-4-13(3)5-7-14/h4-7,12H,8-11H2,1-3H3,(H,21,22). The Morgan fingerprint density at radius 1 is 1.30 bits per heavy atom. The van der Waals surface area contributed by atoms with Crippen LogP contribution in [0.1, 0.15) is 37.2 Å². The highest BCUT2D eigenvalue weighted by Crippen LogP contribution is 2.20. The Morgan fingerprint density at radius 3 is 2.61 bits per heavy atom. The number of carboxylic acids is 1. The molecule has 0 atom stereocenters. The summed E-state index contributed by atoms with van der Waals surface area (Å²) in [7, 11) is 0. The van der Waals surface area contributed by atoms with Gasteiger partial charge in [-0.15, -0.1) is 0 Å². The number of hydrogen-bond acceptors (Lipinski definition) is 5. The van der Waals surface area contributed by atoms with Crippen molar-refractivity contribution in [3.63, 3.8) is 0 Å². The van der Waals surface area contributed by atoms with Crippen molar-refractivity contribution in [2.45, 2.75) is 33.6 Å². The molecule has 124 valence electrons. The molecule has 1 heterocycles. The van der Waals surface area contributed by atoms with Crippen molar-refractivity contribution in [2.75, 3.05) is 18.0 Å². The van der Waals surface area contributed by atoms with Crippen LogP contribution in [0.2, 0.25) is 0 Å². The topological polar surface area (TPSA) is 66.3 Å². The molecular formula is C17H23N3O2S. The van der Waals surface area contributed by atoms with E-state index < -0.39 is 5.97 Å². The van der Waals surface area contributed by atoms with Gasteiger partial charge in [0.05, 0.1) is 6.42 Å².